The van der Waals surface area contributed by atoms with E-state index in [-0.39, 0.29) is 18.3 Å². The fourth-order valence-electron chi connectivity index (χ4n) is 6.86. The highest BCUT2D eigenvalue weighted by Crippen LogP contribution is 2.36. The largest absolute Gasteiger partial charge is 0.312 e. The molecule has 0 spiro atoms. The van der Waals surface area contributed by atoms with Gasteiger partial charge in [-0.1, -0.05) is 125 Å². The molecule has 45 heavy (non-hydrogen) atoms. The van der Waals surface area contributed by atoms with Crippen molar-refractivity contribution in [2.24, 2.45) is 0 Å². The minimum absolute atomic E-state index is 0.0593. The van der Waals surface area contributed by atoms with Crippen LogP contribution in [-0.4, -0.2) is 18.3 Å². The molecule has 0 atom stereocenters. The fourth-order valence-corrected chi connectivity index (χ4v) is 6.86. The quantitative estimate of drug-likeness (QED) is 0.152. The summed E-state index contributed by atoms with van der Waals surface area (Å²) in [4.78, 5) is 28.6. The topological polar surface area (TPSA) is 37.4 Å². The Bertz CT molecular complexity index is 1990. The number of carbonyl (C=O) groups excluding carboxylic acids is 2. The maximum absolute atomic E-state index is 13.5. The second kappa shape index (κ2) is 11.6. The molecule has 0 saturated heterocycles. The number of fused-ring (bicyclic) bond motifs is 2. The Hall–Kier alpha value is -5.48. The van der Waals surface area contributed by atoms with Gasteiger partial charge in [0.2, 0.25) is 6.71 Å². The number of para-hydroxylation sites is 2. The number of carbonyl (C=O) groups is 2. The molecule has 0 radical (unpaired) electrons. The lowest BCUT2D eigenvalue weighted by Gasteiger charge is -2.37. The van der Waals surface area contributed by atoms with Gasteiger partial charge < -0.3 is 4.90 Å². The Morgan fingerprint density at radius 2 is 0.889 bits per heavy atom. The molecule has 0 amide bonds. The number of benzene rings is 6. The molecule has 0 fully saturated rings. The standard InChI is InChI=1S/C41H32BNO2/c1-27-25-28(2)39(29(3)26-27)42-35-13-7-9-15-37(35)43(38-16-10-8-14-36(38)42)34-23-21-33(22-24-34)41(45)32-19-17-31(18-20-32)40(44)30-11-5-4-6-12-30/h4-26H,1-3H3. The van der Waals surface area contributed by atoms with Crippen LogP contribution in [0.5, 0.6) is 0 Å². The third kappa shape index (κ3) is 5.09. The zero-order valence-electron chi connectivity index (χ0n) is 25.6. The summed E-state index contributed by atoms with van der Waals surface area (Å²) in [5.41, 5.74) is 13.4. The van der Waals surface area contributed by atoms with Crippen molar-refractivity contribution < 1.29 is 9.59 Å². The van der Waals surface area contributed by atoms with Crippen LogP contribution in [0.4, 0.5) is 17.1 Å². The minimum atomic E-state index is -0.0786. The molecule has 0 aromatic heterocycles. The number of rotatable bonds is 6. The molecular formula is C41H32BNO2. The van der Waals surface area contributed by atoms with E-state index in [9.17, 15) is 9.59 Å². The van der Waals surface area contributed by atoms with Crippen molar-refractivity contribution in [3.8, 4) is 0 Å². The number of aryl methyl sites for hydroxylation is 3. The van der Waals surface area contributed by atoms with Crippen molar-refractivity contribution >= 4 is 51.7 Å². The lowest BCUT2D eigenvalue weighted by Crippen LogP contribution is -2.58. The third-order valence-electron chi connectivity index (χ3n) is 8.84. The van der Waals surface area contributed by atoms with Gasteiger partial charge in [0.15, 0.2) is 11.6 Å². The molecule has 216 valence electrons. The summed E-state index contributed by atoms with van der Waals surface area (Å²) in [6.07, 6.45) is 0. The number of nitrogens with zero attached hydrogens (tertiary/aromatic N) is 1. The number of hydrogen-bond acceptors (Lipinski definition) is 3. The van der Waals surface area contributed by atoms with Gasteiger partial charge in [0.1, 0.15) is 0 Å². The van der Waals surface area contributed by atoms with E-state index < -0.39 is 0 Å². The number of ketones is 2. The predicted molar refractivity (Wildman–Crippen MR) is 186 cm³/mol. The van der Waals surface area contributed by atoms with Gasteiger partial charge >= 0.3 is 0 Å². The average molecular weight is 582 g/mol. The van der Waals surface area contributed by atoms with Crippen LogP contribution in [-0.2, 0) is 0 Å². The lowest BCUT2D eigenvalue weighted by atomic mass is 9.34. The molecule has 6 aromatic carbocycles. The smallest absolute Gasteiger partial charge is 0.247 e. The van der Waals surface area contributed by atoms with Gasteiger partial charge in [-0.15, -0.1) is 0 Å². The molecule has 6 aromatic rings. The Kier molecular flexibility index (Phi) is 7.27. The van der Waals surface area contributed by atoms with Crippen LogP contribution in [0.25, 0.3) is 0 Å². The van der Waals surface area contributed by atoms with Crippen LogP contribution in [0.15, 0.2) is 140 Å². The first-order valence-corrected chi connectivity index (χ1v) is 15.3. The van der Waals surface area contributed by atoms with E-state index >= 15 is 0 Å². The average Bonchev–Trinajstić information content (AvgIpc) is 3.07. The Labute approximate surface area is 264 Å². The molecule has 1 aliphatic rings. The second-order valence-electron chi connectivity index (χ2n) is 11.8. The van der Waals surface area contributed by atoms with E-state index in [0.29, 0.717) is 22.3 Å². The summed E-state index contributed by atoms with van der Waals surface area (Å²) >= 11 is 0. The van der Waals surface area contributed by atoms with Gasteiger partial charge in [0, 0.05) is 39.3 Å². The fraction of sp³-hybridized carbons (Fsp3) is 0.0732. The van der Waals surface area contributed by atoms with E-state index in [2.05, 4.69) is 86.3 Å². The predicted octanol–water partition coefficient (Wildman–Crippen LogP) is 7.37. The summed E-state index contributed by atoms with van der Waals surface area (Å²) in [5, 5.41) is 0. The van der Waals surface area contributed by atoms with Crippen molar-refractivity contribution in [1.82, 2.24) is 0 Å². The normalized spacial score (nSPS) is 12.0. The van der Waals surface area contributed by atoms with Crippen LogP contribution in [0, 0.1) is 20.8 Å². The highest BCUT2D eigenvalue weighted by molar-refractivity contribution is 6.98. The van der Waals surface area contributed by atoms with Gasteiger partial charge in [-0.05, 0) is 68.1 Å². The first-order valence-electron chi connectivity index (χ1n) is 15.3. The van der Waals surface area contributed by atoms with E-state index in [4.69, 9.17) is 0 Å². The van der Waals surface area contributed by atoms with Crippen molar-refractivity contribution in [3.63, 3.8) is 0 Å². The molecule has 0 aliphatic carbocycles. The van der Waals surface area contributed by atoms with Gasteiger partial charge in [-0.25, -0.2) is 0 Å². The molecule has 7 rings (SSSR count). The van der Waals surface area contributed by atoms with Crippen molar-refractivity contribution in [1.29, 1.82) is 0 Å². The molecule has 0 unspecified atom stereocenters. The first-order chi connectivity index (χ1) is 21.9. The van der Waals surface area contributed by atoms with Gasteiger partial charge in [-0.2, -0.15) is 0 Å². The zero-order chi connectivity index (χ0) is 31.1. The first kappa shape index (κ1) is 28.3. The lowest BCUT2D eigenvalue weighted by molar-refractivity contribution is 0.102. The highest BCUT2D eigenvalue weighted by Gasteiger charge is 2.36. The van der Waals surface area contributed by atoms with E-state index in [1.807, 2.05) is 42.5 Å². The molecule has 0 N–H and O–H groups in total. The van der Waals surface area contributed by atoms with Gasteiger partial charge in [0.05, 0.1) is 0 Å². The number of anilines is 3. The minimum Gasteiger partial charge on any atom is -0.312 e. The van der Waals surface area contributed by atoms with Crippen molar-refractivity contribution in [2.45, 2.75) is 20.8 Å². The molecule has 0 saturated carbocycles. The zero-order valence-corrected chi connectivity index (χ0v) is 25.6. The van der Waals surface area contributed by atoms with Crippen molar-refractivity contribution in [2.75, 3.05) is 4.90 Å². The summed E-state index contributed by atoms with van der Waals surface area (Å²) in [7, 11) is 0. The Morgan fingerprint density at radius 1 is 0.489 bits per heavy atom. The van der Waals surface area contributed by atoms with Crippen LogP contribution in [0.3, 0.4) is 0 Å². The van der Waals surface area contributed by atoms with Crippen LogP contribution < -0.4 is 21.3 Å². The van der Waals surface area contributed by atoms with Crippen LogP contribution >= 0.6 is 0 Å². The highest BCUT2D eigenvalue weighted by atomic mass is 16.1. The molecule has 3 nitrogen and oxygen atoms in total. The molecule has 1 heterocycles. The monoisotopic (exact) mass is 581 g/mol. The molecule has 0 bridgehead atoms. The summed E-state index contributed by atoms with van der Waals surface area (Å²) in [6.45, 7) is 6.71. The van der Waals surface area contributed by atoms with E-state index in [0.717, 1.165) is 17.1 Å². The molecule has 1 aliphatic heterocycles. The van der Waals surface area contributed by atoms with Gasteiger partial charge in [0.25, 0.3) is 0 Å². The van der Waals surface area contributed by atoms with E-state index in [1.54, 1.807) is 36.4 Å². The maximum Gasteiger partial charge on any atom is 0.247 e. The molecular weight excluding hydrogens is 549 g/mol. The Balaban J connectivity index is 1.22. The Morgan fingerprint density at radius 3 is 1.38 bits per heavy atom. The maximum atomic E-state index is 13.5. The van der Waals surface area contributed by atoms with Crippen molar-refractivity contribution in [3.05, 3.63) is 178 Å². The van der Waals surface area contributed by atoms with Crippen LogP contribution in [0.1, 0.15) is 48.5 Å². The SMILES string of the molecule is Cc1cc(C)c(B2c3ccccc3N(c3ccc(C(=O)c4ccc(C(=O)c5ccccc5)cc4)cc3)c3ccccc32)c(C)c1. The van der Waals surface area contributed by atoms with Gasteiger partial charge in [-0.3, -0.25) is 9.59 Å². The summed E-state index contributed by atoms with van der Waals surface area (Å²) in [6, 6.07) is 45.8. The van der Waals surface area contributed by atoms with E-state index in [1.165, 1.54) is 33.1 Å². The number of hydrogen-bond donors (Lipinski definition) is 0. The molecule has 4 heteroatoms. The second-order valence-corrected chi connectivity index (χ2v) is 11.8. The van der Waals surface area contributed by atoms with Crippen LogP contribution in [0.2, 0.25) is 0 Å². The summed E-state index contributed by atoms with van der Waals surface area (Å²) < 4.78 is 0. The third-order valence-corrected chi connectivity index (χ3v) is 8.84. The summed E-state index contributed by atoms with van der Waals surface area (Å²) in [5.74, 6) is -0.138.